The van der Waals surface area contributed by atoms with Crippen LogP contribution in [-0.2, 0) is 11.3 Å². The third-order valence-electron chi connectivity index (χ3n) is 4.30. The third-order valence-corrected chi connectivity index (χ3v) is 4.30. The van der Waals surface area contributed by atoms with Crippen LogP contribution in [0.25, 0.3) is 0 Å². The second kappa shape index (κ2) is 8.30. The Morgan fingerprint density at radius 2 is 1.89 bits per heavy atom. The zero-order valence-electron chi connectivity index (χ0n) is 15.2. The first-order valence-electron chi connectivity index (χ1n) is 8.59. The smallest absolute Gasteiger partial charge is 0.257 e. The van der Waals surface area contributed by atoms with Crippen molar-refractivity contribution in [1.29, 1.82) is 0 Å². The fourth-order valence-corrected chi connectivity index (χ4v) is 2.99. The maximum Gasteiger partial charge on any atom is 0.257 e. The van der Waals surface area contributed by atoms with Crippen LogP contribution >= 0.6 is 0 Å². The lowest BCUT2D eigenvalue weighted by atomic mass is 10.1. The van der Waals surface area contributed by atoms with Crippen molar-refractivity contribution in [2.45, 2.75) is 13.5 Å². The lowest BCUT2D eigenvalue weighted by Crippen LogP contribution is -2.37. The summed E-state index contributed by atoms with van der Waals surface area (Å²) in [5.41, 5.74) is 1.33. The molecule has 1 aromatic heterocycles. The summed E-state index contributed by atoms with van der Waals surface area (Å²) in [6.07, 6.45) is 0. The van der Waals surface area contributed by atoms with Crippen LogP contribution in [0, 0.1) is 18.6 Å². The van der Waals surface area contributed by atoms with E-state index in [2.05, 4.69) is 15.2 Å². The molecule has 1 aromatic carbocycles. The number of anilines is 1. The number of benzene rings is 1. The van der Waals surface area contributed by atoms with Crippen LogP contribution in [0.4, 0.5) is 14.6 Å². The Morgan fingerprint density at radius 3 is 2.52 bits per heavy atom. The van der Waals surface area contributed by atoms with E-state index in [0.717, 1.165) is 11.9 Å². The number of carbonyl (C=O) groups is 1. The van der Waals surface area contributed by atoms with E-state index in [-0.39, 0.29) is 12.4 Å². The van der Waals surface area contributed by atoms with Gasteiger partial charge in [-0.2, -0.15) is 4.98 Å². The first-order valence-corrected chi connectivity index (χ1v) is 8.59. The van der Waals surface area contributed by atoms with E-state index in [0.29, 0.717) is 43.0 Å². The van der Waals surface area contributed by atoms with Crippen molar-refractivity contribution in [2.24, 2.45) is 0 Å². The number of hydrogen-bond donors (Lipinski definition) is 1. The molecule has 1 aliphatic rings. The number of aromatic nitrogens is 1. The summed E-state index contributed by atoms with van der Waals surface area (Å²) in [4.78, 5) is 19.1. The van der Waals surface area contributed by atoms with Gasteiger partial charge in [0, 0.05) is 25.7 Å². The Labute approximate surface area is 156 Å². The molecule has 27 heavy (non-hydrogen) atoms. The highest BCUT2D eigenvalue weighted by Gasteiger charge is 2.21. The van der Waals surface area contributed by atoms with Gasteiger partial charge in [-0.05, 0) is 36.2 Å². The fourth-order valence-electron chi connectivity index (χ4n) is 2.99. The number of amides is 1. The van der Waals surface area contributed by atoms with E-state index >= 15 is 0 Å². The van der Waals surface area contributed by atoms with Crippen molar-refractivity contribution in [1.82, 2.24) is 10.3 Å². The van der Waals surface area contributed by atoms with Crippen molar-refractivity contribution in [3.8, 4) is 5.88 Å². The van der Waals surface area contributed by atoms with Crippen LogP contribution in [0.1, 0.15) is 21.5 Å². The van der Waals surface area contributed by atoms with Crippen LogP contribution in [0.15, 0.2) is 24.3 Å². The van der Waals surface area contributed by atoms with Crippen molar-refractivity contribution in [3.05, 3.63) is 52.6 Å². The Hall–Kier alpha value is -2.74. The molecule has 0 aliphatic carbocycles. The van der Waals surface area contributed by atoms with Gasteiger partial charge in [0.2, 0.25) is 5.88 Å². The van der Waals surface area contributed by atoms with Gasteiger partial charge in [0.05, 0.1) is 20.3 Å². The van der Waals surface area contributed by atoms with Crippen molar-refractivity contribution in [2.75, 3.05) is 38.3 Å². The van der Waals surface area contributed by atoms with Gasteiger partial charge in [-0.25, -0.2) is 8.78 Å². The molecule has 6 nitrogen and oxygen atoms in total. The second-order valence-corrected chi connectivity index (χ2v) is 6.24. The molecular formula is C19H21F2N3O3. The predicted octanol–water partition coefficient (Wildman–Crippen LogP) is 2.44. The van der Waals surface area contributed by atoms with E-state index < -0.39 is 17.5 Å². The highest BCUT2D eigenvalue weighted by Crippen LogP contribution is 2.26. The minimum Gasteiger partial charge on any atom is -0.480 e. The molecule has 2 heterocycles. The van der Waals surface area contributed by atoms with Gasteiger partial charge in [0.25, 0.3) is 5.91 Å². The van der Waals surface area contributed by atoms with Gasteiger partial charge in [-0.1, -0.05) is 0 Å². The van der Waals surface area contributed by atoms with E-state index in [1.165, 1.54) is 19.2 Å². The standard InChI is InChI=1S/C19H21F2N3O3/c1-12-7-16(24-3-5-27-6-4-24)23-19(26-2)17(12)18(25)22-11-13-8-14(20)10-15(21)9-13/h7-10H,3-6,11H2,1-2H3,(H,22,25). The number of methoxy groups -OCH3 is 1. The molecule has 1 aliphatic heterocycles. The summed E-state index contributed by atoms with van der Waals surface area (Å²) in [5.74, 6) is -0.875. The van der Waals surface area contributed by atoms with Crippen molar-refractivity contribution in [3.63, 3.8) is 0 Å². The molecule has 1 fully saturated rings. The number of hydrogen-bond acceptors (Lipinski definition) is 5. The highest BCUT2D eigenvalue weighted by molar-refractivity contribution is 5.98. The Bertz CT molecular complexity index is 819. The molecule has 0 unspecified atom stereocenters. The van der Waals surface area contributed by atoms with Crippen molar-refractivity contribution < 1.29 is 23.0 Å². The summed E-state index contributed by atoms with van der Waals surface area (Å²) in [7, 11) is 1.45. The number of halogens is 2. The summed E-state index contributed by atoms with van der Waals surface area (Å²) in [6, 6.07) is 4.96. The zero-order chi connectivity index (χ0) is 19.4. The number of aryl methyl sites for hydroxylation is 1. The largest absolute Gasteiger partial charge is 0.480 e. The predicted molar refractivity (Wildman–Crippen MR) is 96.1 cm³/mol. The first kappa shape index (κ1) is 19.0. The van der Waals surface area contributed by atoms with Gasteiger partial charge in [-0.15, -0.1) is 0 Å². The molecule has 1 amide bonds. The molecule has 1 N–H and O–H groups in total. The highest BCUT2D eigenvalue weighted by atomic mass is 19.1. The molecule has 0 atom stereocenters. The maximum absolute atomic E-state index is 13.3. The second-order valence-electron chi connectivity index (χ2n) is 6.24. The van der Waals surface area contributed by atoms with E-state index in [1.54, 1.807) is 6.92 Å². The molecule has 0 spiro atoms. The number of pyridine rings is 1. The SMILES string of the molecule is COc1nc(N2CCOCC2)cc(C)c1C(=O)NCc1cc(F)cc(F)c1. The zero-order valence-corrected chi connectivity index (χ0v) is 15.2. The van der Waals surface area contributed by atoms with Gasteiger partial charge in [0.15, 0.2) is 0 Å². The van der Waals surface area contributed by atoms with Crippen LogP contribution < -0.4 is 15.0 Å². The monoisotopic (exact) mass is 377 g/mol. The molecule has 0 bridgehead atoms. The van der Waals surface area contributed by atoms with E-state index in [9.17, 15) is 13.6 Å². The minimum atomic E-state index is -0.690. The number of nitrogens with zero attached hydrogens (tertiary/aromatic N) is 2. The van der Waals surface area contributed by atoms with Gasteiger partial charge < -0.3 is 19.7 Å². The van der Waals surface area contributed by atoms with Crippen LogP contribution in [-0.4, -0.2) is 44.3 Å². The molecule has 0 saturated carbocycles. The average Bonchev–Trinajstić information content (AvgIpc) is 2.65. The maximum atomic E-state index is 13.3. The van der Waals surface area contributed by atoms with E-state index in [4.69, 9.17) is 9.47 Å². The van der Waals surface area contributed by atoms with Crippen molar-refractivity contribution >= 4 is 11.7 Å². The molecule has 2 aromatic rings. The normalized spacial score (nSPS) is 14.1. The quantitative estimate of drug-likeness (QED) is 0.867. The number of carbonyl (C=O) groups excluding carboxylic acids is 1. The average molecular weight is 377 g/mol. The summed E-state index contributed by atoms with van der Waals surface area (Å²) < 4.78 is 37.2. The van der Waals surface area contributed by atoms with Gasteiger partial charge >= 0.3 is 0 Å². The van der Waals surface area contributed by atoms with Crippen LogP contribution in [0.3, 0.4) is 0 Å². The summed E-state index contributed by atoms with van der Waals surface area (Å²) in [5, 5.41) is 2.66. The number of rotatable bonds is 5. The Morgan fingerprint density at radius 1 is 1.22 bits per heavy atom. The Balaban J connectivity index is 1.79. The van der Waals surface area contributed by atoms with E-state index in [1.807, 2.05) is 6.07 Å². The number of ether oxygens (including phenoxy) is 2. The van der Waals surface area contributed by atoms with Gasteiger partial charge in [0.1, 0.15) is 23.0 Å². The fraction of sp³-hybridized carbons (Fsp3) is 0.368. The number of morpholine rings is 1. The molecule has 1 saturated heterocycles. The third kappa shape index (κ3) is 4.51. The lowest BCUT2D eigenvalue weighted by Gasteiger charge is -2.28. The molecule has 8 heteroatoms. The topological polar surface area (TPSA) is 63.7 Å². The lowest BCUT2D eigenvalue weighted by molar-refractivity contribution is 0.0946. The molecular weight excluding hydrogens is 356 g/mol. The minimum absolute atomic E-state index is 0.0126. The molecule has 144 valence electrons. The molecule has 0 radical (unpaired) electrons. The molecule has 3 rings (SSSR count). The Kier molecular flexibility index (Phi) is 5.85. The van der Waals surface area contributed by atoms with Crippen LogP contribution in [0.2, 0.25) is 0 Å². The van der Waals surface area contributed by atoms with Crippen LogP contribution in [0.5, 0.6) is 5.88 Å². The summed E-state index contributed by atoms with van der Waals surface area (Å²) in [6.45, 7) is 4.45. The first-order chi connectivity index (χ1) is 13.0. The number of nitrogens with one attached hydrogen (secondary N) is 1. The van der Waals surface area contributed by atoms with Gasteiger partial charge in [-0.3, -0.25) is 4.79 Å². The summed E-state index contributed by atoms with van der Waals surface area (Å²) >= 11 is 0.